The molecule has 0 saturated carbocycles. The number of morpholine rings is 1. The molecule has 23 heavy (non-hydrogen) atoms. The lowest BCUT2D eigenvalue weighted by molar-refractivity contribution is -0.0317. The molecule has 1 N–H and O–H groups in total. The molecule has 1 aromatic carbocycles. The van der Waals surface area contributed by atoms with Gasteiger partial charge in [-0.2, -0.15) is 0 Å². The summed E-state index contributed by atoms with van der Waals surface area (Å²) < 4.78 is 11.0. The molecule has 1 saturated heterocycles. The van der Waals surface area contributed by atoms with Crippen molar-refractivity contribution in [3.63, 3.8) is 0 Å². The van der Waals surface area contributed by atoms with E-state index in [1.165, 1.54) is 0 Å². The first kappa shape index (κ1) is 18.0. The van der Waals surface area contributed by atoms with E-state index in [1.807, 2.05) is 45.0 Å². The molecule has 1 aliphatic rings. The predicted octanol–water partition coefficient (Wildman–Crippen LogP) is 3.07. The van der Waals surface area contributed by atoms with E-state index in [1.54, 1.807) is 4.90 Å². The highest BCUT2D eigenvalue weighted by Crippen LogP contribution is 2.16. The molecule has 2 rings (SSSR count). The smallest absolute Gasteiger partial charge is 0.410 e. The van der Waals surface area contributed by atoms with Crippen molar-refractivity contribution in [2.45, 2.75) is 39.0 Å². The van der Waals surface area contributed by atoms with E-state index in [-0.39, 0.29) is 12.1 Å². The van der Waals surface area contributed by atoms with Crippen molar-refractivity contribution in [3.05, 3.63) is 34.9 Å². The van der Waals surface area contributed by atoms with Gasteiger partial charge in [-0.25, -0.2) is 4.79 Å². The fourth-order valence-electron chi connectivity index (χ4n) is 2.40. The van der Waals surface area contributed by atoms with Crippen LogP contribution in [-0.4, -0.2) is 48.9 Å². The molecule has 0 aromatic heterocycles. The van der Waals surface area contributed by atoms with E-state index in [2.05, 4.69) is 5.32 Å². The Morgan fingerprint density at radius 2 is 2.17 bits per heavy atom. The number of rotatable bonds is 4. The summed E-state index contributed by atoms with van der Waals surface area (Å²) in [5.41, 5.74) is 0.542. The molecule has 1 amide bonds. The highest BCUT2D eigenvalue weighted by atomic mass is 35.5. The lowest BCUT2D eigenvalue weighted by Crippen LogP contribution is -2.54. The van der Waals surface area contributed by atoms with Gasteiger partial charge in [-0.1, -0.05) is 29.8 Å². The van der Waals surface area contributed by atoms with E-state index < -0.39 is 5.60 Å². The van der Waals surface area contributed by atoms with Gasteiger partial charge in [0, 0.05) is 24.7 Å². The van der Waals surface area contributed by atoms with Crippen molar-refractivity contribution >= 4 is 17.7 Å². The van der Waals surface area contributed by atoms with Crippen LogP contribution in [0.5, 0.6) is 0 Å². The SMILES string of the molecule is CC(C)(C)OC(=O)N1CCOCC1CNCc1ccccc1Cl. The van der Waals surface area contributed by atoms with E-state index in [4.69, 9.17) is 21.1 Å². The second-order valence-corrected chi connectivity index (χ2v) is 7.03. The number of benzene rings is 1. The van der Waals surface area contributed by atoms with Crippen molar-refractivity contribution in [1.29, 1.82) is 0 Å². The molecule has 128 valence electrons. The Kier molecular flexibility index (Phi) is 6.27. The summed E-state index contributed by atoms with van der Waals surface area (Å²) in [7, 11) is 0. The average Bonchev–Trinajstić information content (AvgIpc) is 2.48. The first-order valence-corrected chi connectivity index (χ1v) is 8.26. The fraction of sp³-hybridized carbons (Fsp3) is 0.588. The minimum absolute atomic E-state index is 0.0407. The average molecular weight is 341 g/mol. The summed E-state index contributed by atoms with van der Waals surface area (Å²) in [4.78, 5) is 14.1. The Morgan fingerprint density at radius 3 is 2.87 bits per heavy atom. The summed E-state index contributed by atoms with van der Waals surface area (Å²) in [5, 5.41) is 4.09. The zero-order valence-corrected chi connectivity index (χ0v) is 14.7. The normalized spacial score (nSPS) is 18.8. The van der Waals surface area contributed by atoms with E-state index >= 15 is 0 Å². The molecule has 0 aliphatic carbocycles. The van der Waals surface area contributed by atoms with E-state index in [0.717, 1.165) is 10.6 Å². The van der Waals surface area contributed by atoms with Crippen LogP contribution in [0.1, 0.15) is 26.3 Å². The van der Waals surface area contributed by atoms with E-state index in [9.17, 15) is 4.79 Å². The summed E-state index contributed by atoms with van der Waals surface area (Å²) in [6, 6.07) is 7.68. The number of nitrogens with zero attached hydrogens (tertiary/aromatic N) is 1. The van der Waals surface area contributed by atoms with Gasteiger partial charge in [0.15, 0.2) is 0 Å². The molecule has 1 unspecified atom stereocenters. The Bertz CT molecular complexity index is 531. The van der Waals surface area contributed by atoms with Crippen LogP contribution in [0, 0.1) is 0 Å². The quantitative estimate of drug-likeness (QED) is 0.915. The van der Waals surface area contributed by atoms with E-state index in [0.29, 0.717) is 32.8 Å². The number of amides is 1. The second-order valence-electron chi connectivity index (χ2n) is 6.62. The Morgan fingerprint density at radius 1 is 1.43 bits per heavy atom. The molecule has 6 heteroatoms. The van der Waals surface area contributed by atoms with Crippen LogP contribution in [0.4, 0.5) is 4.79 Å². The molecule has 1 atom stereocenters. The standard InChI is InChI=1S/C17H25ClN2O3/c1-17(2,3)23-16(21)20-8-9-22-12-14(20)11-19-10-13-6-4-5-7-15(13)18/h4-7,14,19H,8-12H2,1-3H3. The summed E-state index contributed by atoms with van der Waals surface area (Å²) in [6.07, 6.45) is -0.287. The molecule has 0 radical (unpaired) electrons. The van der Waals surface area contributed by atoms with Crippen LogP contribution in [0.15, 0.2) is 24.3 Å². The van der Waals surface area contributed by atoms with Crippen LogP contribution in [-0.2, 0) is 16.0 Å². The molecule has 1 aromatic rings. The minimum Gasteiger partial charge on any atom is -0.444 e. The Labute approximate surface area is 142 Å². The van der Waals surface area contributed by atoms with Crippen molar-refractivity contribution in [2.75, 3.05) is 26.3 Å². The Balaban J connectivity index is 1.89. The number of ether oxygens (including phenoxy) is 2. The first-order valence-electron chi connectivity index (χ1n) is 7.88. The molecule has 1 heterocycles. The van der Waals surface area contributed by atoms with Gasteiger partial charge in [0.2, 0.25) is 0 Å². The number of hydrogen-bond acceptors (Lipinski definition) is 4. The van der Waals surface area contributed by atoms with Crippen molar-refractivity contribution in [1.82, 2.24) is 10.2 Å². The first-order chi connectivity index (χ1) is 10.9. The zero-order valence-electron chi connectivity index (χ0n) is 14.0. The maximum absolute atomic E-state index is 12.3. The fourth-order valence-corrected chi connectivity index (χ4v) is 2.60. The predicted molar refractivity (Wildman–Crippen MR) is 90.7 cm³/mol. The van der Waals surface area contributed by atoms with Gasteiger partial charge >= 0.3 is 6.09 Å². The third kappa shape index (κ3) is 5.68. The lowest BCUT2D eigenvalue weighted by atomic mass is 10.2. The van der Waals surface area contributed by atoms with Gasteiger partial charge in [0.05, 0.1) is 19.3 Å². The van der Waals surface area contributed by atoms with Crippen molar-refractivity contribution in [2.24, 2.45) is 0 Å². The van der Waals surface area contributed by atoms with Gasteiger partial charge in [-0.15, -0.1) is 0 Å². The molecule has 1 aliphatic heterocycles. The topological polar surface area (TPSA) is 50.8 Å². The summed E-state index contributed by atoms with van der Waals surface area (Å²) >= 11 is 6.15. The Hall–Kier alpha value is -1.30. The third-order valence-corrected chi connectivity index (χ3v) is 3.88. The summed E-state index contributed by atoms with van der Waals surface area (Å²) in [6.45, 7) is 8.49. The number of carbonyl (C=O) groups excluding carboxylic acids is 1. The number of nitrogens with one attached hydrogen (secondary N) is 1. The third-order valence-electron chi connectivity index (χ3n) is 3.51. The van der Waals surface area contributed by atoms with Gasteiger partial charge < -0.3 is 14.8 Å². The lowest BCUT2D eigenvalue weighted by Gasteiger charge is -2.36. The van der Waals surface area contributed by atoms with Crippen LogP contribution >= 0.6 is 11.6 Å². The van der Waals surface area contributed by atoms with Crippen LogP contribution in [0.2, 0.25) is 5.02 Å². The number of halogens is 1. The second kappa shape index (κ2) is 7.99. The van der Waals surface area contributed by atoms with Crippen LogP contribution in [0.3, 0.4) is 0 Å². The molecule has 0 spiro atoms. The number of carbonyl (C=O) groups is 1. The number of hydrogen-bond donors (Lipinski definition) is 1. The maximum atomic E-state index is 12.3. The van der Waals surface area contributed by atoms with Crippen molar-refractivity contribution < 1.29 is 14.3 Å². The van der Waals surface area contributed by atoms with Crippen LogP contribution < -0.4 is 5.32 Å². The molecule has 0 bridgehead atoms. The van der Waals surface area contributed by atoms with Gasteiger partial charge in [0.25, 0.3) is 0 Å². The monoisotopic (exact) mass is 340 g/mol. The molecular weight excluding hydrogens is 316 g/mol. The van der Waals surface area contributed by atoms with Crippen molar-refractivity contribution in [3.8, 4) is 0 Å². The minimum atomic E-state index is -0.495. The van der Waals surface area contributed by atoms with Gasteiger partial charge in [-0.3, -0.25) is 4.90 Å². The molecular formula is C17H25ClN2O3. The van der Waals surface area contributed by atoms with Crippen LogP contribution in [0.25, 0.3) is 0 Å². The largest absolute Gasteiger partial charge is 0.444 e. The van der Waals surface area contributed by atoms with Gasteiger partial charge in [-0.05, 0) is 32.4 Å². The highest BCUT2D eigenvalue weighted by Gasteiger charge is 2.30. The summed E-state index contributed by atoms with van der Waals surface area (Å²) in [5.74, 6) is 0. The van der Waals surface area contributed by atoms with Gasteiger partial charge in [0.1, 0.15) is 5.60 Å². The molecule has 5 nitrogen and oxygen atoms in total. The zero-order chi connectivity index (χ0) is 16.9. The molecule has 1 fully saturated rings. The maximum Gasteiger partial charge on any atom is 0.410 e. The highest BCUT2D eigenvalue weighted by molar-refractivity contribution is 6.31.